The molecule has 1 rings (SSSR count). The molecule has 0 saturated heterocycles. The molecule has 0 aliphatic rings. The van der Waals surface area contributed by atoms with Gasteiger partial charge in [0.05, 0.1) is 12.2 Å². The van der Waals surface area contributed by atoms with E-state index in [9.17, 15) is 4.79 Å². The van der Waals surface area contributed by atoms with Crippen LogP contribution in [0, 0.1) is 19.3 Å². The van der Waals surface area contributed by atoms with Gasteiger partial charge < -0.3 is 10.1 Å². The average molecular weight is 217 g/mol. The first-order valence-electron chi connectivity index (χ1n) is 5.04. The molecule has 0 aliphatic heterocycles. The standard InChI is InChI=1S/C13H15NO2/c1-4-11-10(2)6-5-7-12(11)13(15)14-8-9-16-3/h1,5-7H,8-9H2,2-3H3,(H,14,15). The molecular weight excluding hydrogens is 202 g/mol. The molecule has 0 spiro atoms. The highest BCUT2D eigenvalue weighted by Gasteiger charge is 2.10. The van der Waals surface area contributed by atoms with Crippen LogP contribution in [-0.4, -0.2) is 26.2 Å². The summed E-state index contributed by atoms with van der Waals surface area (Å²) in [5.41, 5.74) is 2.12. The zero-order valence-electron chi connectivity index (χ0n) is 9.54. The Kier molecular flexibility index (Phi) is 4.56. The van der Waals surface area contributed by atoms with Crippen LogP contribution in [-0.2, 0) is 4.74 Å². The largest absolute Gasteiger partial charge is 0.383 e. The molecule has 84 valence electrons. The summed E-state index contributed by atoms with van der Waals surface area (Å²) in [4.78, 5) is 11.8. The van der Waals surface area contributed by atoms with Crippen LogP contribution < -0.4 is 5.32 Å². The number of nitrogens with one attached hydrogen (secondary N) is 1. The minimum atomic E-state index is -0.159. The van der Waals surface area contributed by atoms with Gasteiger partial charge in [0.2, 0.25) is 0 Å². The van der Waals surface area contributed by atoms with Crippen molar-refractivity contribution in [2.24, 2.45) is 0 Å². The fourth-order valence-corrected chi connectivity index (χ4v) is 1.41. The summed E-state index contributed by atoms with van der Waals surface area (Å²) in [5, 5.41) is 2.74. The molecule has 1 N–H and O–H groups in total. The first kappa shape index (κ1) is 12.3. The molecule has 0 fully saturated rings. The van der Waals surface area contributed by atoms with Crippen molar-refractivity contribution in [2.75, 3.05) is 20.3 Å². The van der Waals surface area contributed by atoms with Crippen molar-refractivity contribution in [2.45, 2.75) is 6.92 Å². The van der Waals surface area contributed by atoms with Crippen LogP contribution in [0.2, 0.25) is 0 Å². The summed E-state index contributed by atoms with van der Waals surface area (Å²) < 4.78 is 4.85. The maximum Gasteiger partial charge on any atom is 0.252 e. The van der Waals surface area contributed by atoms with Crippen LogP contribution in [0.4, 0.5) is 0 Å². The molecule has 0 bridgehead atoms. The number of rotatable bonds is 4. The zero-order valence-corrected chi connectivity index (χ0v) is 9.54. The van der Waals surface area contributed by atoms with E-state index in [2.05, 4.69) is 11.2 Å². The Labute approximate surface area is 95.8 Å². The third-order valence-electron chi connectivity index (χ3n) is 2.25. The lowest BCUT2D eigenvalue weighted by molar-refractivity contribution is 0.0937. The van der Waals surface area contributed by atoms with Gasteiger partial charge in [0.1, 0.15) is 0 Å². The Hall–Kier alpha value is -1.79. The molecule has 0 atom stereocenters. The van der Waals surface area contributed by atoms with Gasteiger partial charge in [-0.15, -0.1) is 6.42 Å². The summed E-state index contributed by atoms with van der Waals surface area (Å²) in [7, 11) is 1.59. The fourth-order valence-electron chi connectivity index (χ4n) is 1.41. The number of ether oxygens (including phenoxy) is 1. The first-order chi connectivity index (χ1) is 7.70. The van der Waals surface area contributed by atoms with E-state index in [4.69, 9.17) is 11.2 Å². The zero-order chi connectivity index (χ0) is 12.0. The summed E-state index contributed by atoms with van der Waals surface area (Å²) in [6.45, 7) is 2.86. The highest BCUT2D eigenvalue weighted by atomic mass is 16.5. The van der Waals surface area contributed by atoms with E-state index in [1.165, 1.54) is 0 Å². The van der Waals surface area contributed by atoms with E-state index < -0.39 is 0 Å². The molecule has 1 amide bonds. The van der Waals surface area contributed by atoms with Crippen LogP contribution in [0.3, 0.4) is 0 Å². The van der Waals surface area contributed by atoms with Gasteiger partial charge in [-0.2, -0.15) is 0 Å². The van der Waals surface area contributed by atoms with Gasteiger partial charge in [-0.25, -0.2) is 0 Å². The third-order valence-corrected chi connectivity index (χ3v) is 2.25. The Morgan fingerprint density at radius 1 is 1.56 bits per heavy atom. The molecule has 0 aliphatic carbocycles. The van der Waals surface area contributed by atoms with E-state index in [1.54, 1.807) is 13.2 Å². The van der Waals surface area contributed by atoms with Gasteiger partial charge in [0.15, 0.2) is 0 Å². The number of carbonyl (C=O) groups is 1. The van der Waals surface area contributed by atoms with E-state index in [1.807, 2.05) is 19.1 Å². The van der Waals surface area contributed by atoms with Crippen molar-refractivity contribution in [1.82, 2.24) is 5.32 Å². The van der Waals surface area contributed by atoms with Gasteiger partial charge in [0.25, 0.3) is 5.91 Å². The van der Waals surface area contributed by atoms with Crippen molar-refractivity contribution in [1.29, 1.82) is 0 Å². The lowest BCUT2D eigenvalue weighted by Crippen LogP contribution is -2.27. The highest BCUT2D eigenvalue weighted by Crippen LogP contribution is 2.12. The monoisotopic (exact) mass is 217 g/mol. The normalized spacial score (nSPS) is 9.56. The van der Waals surface area contributed by atoms with Gasteiger partial charge >= 0.3 is 0 Å². The van der Waals surface area contributed by atoms with E-state index in [0.29, 0.717) is 24.3 Å². The highest BCUT2D eigenvalue weighted by molar-refractivity contribution is 5.97. The van der Waals surface area contributed by atoms with Crippen LogP contribution in [0.1, 0.15) is 21.5 Å². The van der Waals surface area contributed by atoms with Crippen LogP contribution in [0.15, 0.2) is 18.2 Å². The quantitative estimate of drug-likeness (QED) is 0.610. The van der Waals surface area contributed by atoms with Crippen LogP contribution in [0.5, 0.6) is 0 Å². The second-order valence-electron chi connectivity index (χ2n) is 3.39. The summed E-state index contributed by atoms with van der Waals surface area (Å²) in [6, 6.07) is 5.44. The first-order valence-corrected chi connectivity index (χ1v) is 5.04. The molecular formula is C13H15NO2. The Bertz CT molecular complexity index is 418. The molecule has 0 radical (unpaired) electrons. The van der Waals surface area contributed by atoms with Gasteiger partial charge in [-0.1, -0.05) is 18.1 Å². The summed E-state index contributed by atoms with van der Waals surface area (Å²) >= 11 is 0. The lowest BCUT2D eigenvalue weighted by atomic mass is 10.0. The Balaban J connectivity index is 2.84. The number of benzene rings is 1. The van der Waals surface area contributed by atoms with E-state index in [0.717, 1.165) is 5.56 Å². The Morgan fingerprint density at radius 2 is 2.31 bits per heavy atom. The minimum Gasteiger partial charge on any atom is -0.383 e. The lowest BCUT2D eigenvalue weighted by Gasteiger charge is -2.08. The number of methoxy groups -OCH3 is 1. The van der Waals surface area contributed by atoms with E-state index in [-0.39, 0.29) is 5.91 Å². The van der Waals surface area contributed by atoms with Crippen molar-refractivity contribution in [3.63, 3.8) is 0 Å². The SMILES string of the molecule is C#Cc1c(C)cccc1C(=O)NCCOC. The Morgan fingerprint density at radius 3 is 2.94 bits per heavy atom. The number of hydrogen-bond acceptors (Lipinski definition) is 2. The molecule has 1 aromatic rings. The van der Waals surface area contributed by atoms with Gasteiger partial charge in [-0.3, -0.25) is 4.79 Å². The van der Waals surface area contributed by atoms with Crippen molar-refractivity contribution < 1.29 is 9.53 Å². The van der Waals surface area contributed by atoms with Crippen molar-refractivity contribution in [3.8, 4) is 12.3 Å². The molecule has 0 heterocycles. The predicted molar refractivity (Wildman–Crippen MR) is 63.3 cm³/mol. The smallest absolute Gasteiger partial charge is 0.252 e. The van der Waals surface area contributed by atoms with Crippen molar-refractivity contribution >= 4 is 5.91 Å². The van der Waals surface area contributed by atoms with Gasteiger partial charge in [0, 0.05) is 19.2 Å². The average Bonchev–Trinajstić information content (AvgIpc) is 2.29. The van der Waals surface area contributed by atoms with Crippen LogP contribution in [0.25, 0.3) is 0 Å². The van der Waals surface area contributed by atoms with Crippen LogP contribution >= 0.6 is 0 Å². The summed E-state index contributed by atoms with van der Waals surface area (Å²) in [5.74, 6) is 2.38. The molecule has 0 aromatic heterocycles. The number of hydrogen-bond donors (Lipinski definition) is 1. The predicted octanol–water partition coefficient (Wildman–Crippen LogP) is 1.35. The molecule has 0 saturated carbocycles. The maximum atomic E-state index is 11.8. The molecule has 0 unspecified atom stereocenters. The fraction of sp³-hybridized carbons (Fsp3) is 0.308. The minimum absolute atomic E-state index is 0.159. The van der Waals surface area contributed by atoms with Crippen molar-refractivity contribution in [3.05, 3.63) is 34.9 Å². The topological polar surface area (TPSA) is 38.3 Å². The maximum absolute atomic E-state index is 11.8. The third kappa shape index (κ3) is 2.85. The second kappa shape index (κ2) is 5.94. The number of carbonyl (C=O) groups excluding carboxylic acids is 1. The molecule has 16 heavy (non-hydrogen) atoms. The second-order valence-corrected chi connectivity index (χ2v) is 3.39. The van der Waals surface area contributed by atoms with Gasteiger partial charge in [-0.05, 0) is 18.6 Å². The summed E-state index contributed by atoms with van der Waals surface area (Å²) in [6.07, 6.45) is 5.39. The molecule has 3 heteroatoms. The van der Waals surface area contributed by atoms with E-state index >= 15 is 0 Å². The number of amides is 1. The number of aryl methyl sites for hydroxylation is 1. The molecule has 3 nitrogen and oxygen atoms in total. The molecule has 1 aromatic carbocycles. The number of terminal acetylenes is 1.